The highest BCUT2D eigenvalue weighted by atomic mass is 16.5. The normalized spacial score (nSPS) is 32.1. The standard InChI is InChI=1S/C11H22O2/c1-8(2)11(12)9-6-4-5-7-10(9)13-3/h8-12H,4-7H2,1-3H3. The molecule has 1 N–H and O–H groups in total. The van der Waals surface area contributed by atoms with Gasteiger partial charge in [0.1, 0.15) is 0 Å². The van der Waals surface area contributed by atoms with Crippen molar-refractivity contribution in [2.24, 2.45) is 11.8 Å². The predicted molar refractivity (Wildman–Crippen MR) is 53.6 cm³/mol. The first-order chi connectivity index (χ1) is 6.16. The van der Waals surface area contributed by atoms with Crippen LogP contribution in [-0.4, -0.2) is 24.4 Å². The second-order valence-electron chi connectivity index (χ2n) is 4.46. The molecule has 2 nitrogen and oxygen atoms in total. The lowest BCUT2D eigenvalue weighted by atomic mass is 9.79. The molecule has 3 unspecified atom stereocenters. The van der Waals surface area contributed by atoms with Gasteiger partial charge in [0.2, 0.25) is 0 Å². The van der Waals surface area contributed by atoms with Crippen LogP contribution in [-0.2, 0) is 4.74 Å². The molecule has 1 rings (SSSR count). The molecule has 0 aromatic rings. The van der Waals surface area contributed by atoms with Crippen molar-refractivity contribution in [3.63, 3.8) is 0 Å². The van der Waals surface area contributed by atoms with Gasteiger partial charge in [-0.3, -0.25) is 0 Å². The molecule has 1 fully saturated rings. The van der Waals surface area contributed by atoms with Crippen LogP contribution in [0.25, 0.3) is 0 Å². The lowest BCUT2D eigenvalue weighted by molar-refractivity contribution is -0.0520. The second kappa shape index (κ2) is 4.97. The van der Waals surface area contributed by atoms with Gasteiger partial charge in [0, 0.05) is 13.0 Å². The molecule has 13 heavy (non-hydrogen) atoms. The summed E-state index contributed by atoms with van der Waals surface area (Å²) < 4.78 is 5.42. The third kappa shape index (κ3) is 2.68. The molecule has 3 atom stereocenters. The van der Waals surface area contributed by atoms with Crippen LogP contribution in [0.1, 0.15) is 39.5 Å². The topological polar surface area (TPSA) is 29.5 Å². The maximum atomic E-state index is 9.97. The molecule has 2 heteroatoms. The first kappa shape index (κ1) is 11.0. The van der Waals surface area contributed by atoms with Crippen LogP contribution in [0.4, 0.5) is 0 Å². The van der Waals surface area contributed by atoms with Crippen LogP contribution in [0.3, 0.4) is 0 Å². The molecule has 1 aliphatic carbocycles. The highest BCUT2D eigenvalue weighted by Gasteiger charge is 2.32. The van der Waals surface area contributed by atoms with Crippen LogP contribution in [0.5, 0.6) is 0 Å². The van der Waals surface area contributed by atoms with Gasteiger partial charge in [-0.25, -0.2) is 0 Å². The molecule has 1 aliphatic rings. The van der Waals surface area contributed by atoms with Gasteiger partial charge in [0.15, 0.2) is 0 Å². The van der Waals surface area contributed by atoms with E-state index in [0.29, 0.717) is 11.8 Å². The van der Waals surface area contributed by atoms with Crippen molar-refractivity contribution in [1.29, 1.82) is 0 Å². The highest BCUT2D eigenvalue weighted by Crippen LogP contribution is 2.31. The van der Waals surface area contributed by atoms with Crippen LogP contribution in [0, 0.1) is 11.8 Å². The molecule has 0 aromatic heterocycles. The van der Waals surface area contributed by atoms with E-state index < -0.39 is 0 Å². The first-order valence-corrected chi connectivity index (χ1v) is 5.37. The van der Waals surface area contributed by atoms with Crippen molar-refractivity contribution in [2.75, 3.05) is 7.11 Å². The first-order valence-electron chi connectivity index (χ1n) is 5.37. The van der Waals surface area contributed by atoms with Crippen LogP contribution in [0.2, 0.25) is 0 Å². The van der Waals surface area contributed by atoms with E-state index >= 15 is 0 Å². The van der Waals surface area contributed by atoms with E-state index in [9.17, 15) is 5.11 Å². The van der Waals surface area contributed by atoms with E-state index in [0.717, 1.165) is 12.8 Å². The minimum Gasteiger partial charge on any atom is -0.392 e. The molecule has 1 saturated carbocycles. The van der Waals surface area contributed by atoms with E-state index in [-0.39, 0.29) is 12.2 Å². The summed E-state index contributed by atoms with van der Waals surface area (Å²) in [6, 6.07) is 0. The number of aliphatic hydroxyl groups is 1. The zero-order chi connectivity index (χ0) is 9.84. The molecule has 0 aromatic carbocycles. The summed E-state index contributed by atoms with van der Waals surface area (Å²) in [5, 5.41) is 9.97. The summed E-state index contributed by atoms with van der Waals surface area (Å²) >= 11 is 0. The van der Waals surface area contributed by atoms with E-state index in [1.807, 2.05) is 0 Å². The van der Waals surface area contributed by atoms with Crippen LogP contribution in [0.15, 0.2) is 0 Å². The van der Waals surface area contributed by atoms with E-state index in [4.69, 9.17) is 4.74 Å². The zero-order valence-electron chi connectivity index (χ0n) is 8.99. The maximum Gasteiger partial charge on any atom is 0.0624 e. The molecule has 0 amide bonds. The summed E-state index contributed by atoms with van der Waals surface area (Å²) in [7, 11) is 1.76. The average Bonchev–Trinajstić information content (AvgIpc) is 2.16. The van der Waals surface area contributed by atoms with Crippen molar-refractivity contribution in [2.45, 2.75) is 51.7 Å². The molecule has 78 valence electrons. The number of hydrogen-bond acceptors (Lipinski definition) is 2. The van der Waals surface area contributed by atoms with Gasteiger partial charge in [-0.05, 0) is 18.8 Å². The number of hydrogen-bond donors (Lipinski definition) is 1. The monoisotopic (exact) mass is 186 g/mol. The third-order valence-corrected chi connectivity index (χ3v) is 3.18. The van der Waals surface area contributed by atoms with Gasteiger partial charge in [-0.1, -0.05) is 26.7 Å². The van der Waals surface area contributed by atoms with Crippen molar-refractivity contribution >= 4 is 0 Å². The van der Waals surface area contributed by atoms with Crippen molar-refractivity contribution in [3.05, 3.63) is 0 Å². The molecular weight excluding hydrogens is 164 g/mol. The maximum absolute atomic E-state index is 9.97. The van der Waals surface area contributed by atoms with Gasteiger partial charge < -0.3 is 9.84 Å². The number of rotatable bonds is 3. The largest absolute Gasteiger partial charge is 0.392 e. The number of aliphatic hydroxyl groups excluding tert-OH is 1. The smallest absolute Gasteiger partial charge is 0.0624 e. The van der Waals surface area contributed by atoms with Crippen molar-refractivity contribution in [1.82, 2.24) is 0 Å². The van der Waals surface area contributed by atoms with Gasteiger partial charge in [0.05, 0.1) is 12.2 Å². The fraction of sp³-hybridized carbons (Fsp3) is 1.00. The molecule has 0 aliphatic heterocycles. The SMILES string of the molecule is COC1CCCCC1C(O)C(C)C. The fourth-order valence-electron chi connectivity index (χ4n) is 2.30. The zero-order valence-corrected chi connectivity index (χ0v) is 8.99. The molecule has 0 saturated heterocycles. The lowest BCUT2D eigenvalue weighted by Crippen LogP contribution is -2.38. The Labute approximate surface area is 81.3 Å². The molecule has 0 bridgehead atoms. The van der Waals surface area contributed by atoms with E-state index in [1.54, 1.807) is 7.11 Å². The Morgan fingerprint density at radius 3 is 2.38 bits per heavy atom. The molecule has 0 heterocycles. The summed E-state index contributed by atoms with van der Waals surface area (Å²) in [5.74, 6) is 0.708. The Morgan fingerprint density at radius 1 is 1.23 bits per heavy atom. The van der Waals surface area contributed by atoms with Crippen molar-refractivity contribution < 1.29 is 9.84 Å². The predicted octanol–water partition coefficient (Wildman–Crippen LogP) is 2.21. The van der Waals surface area contributed by atoms with E-state index in [2.05, 4.69) is 13.8 Å². The van der Waals surface area contributed by atoms with Gasteiger partial charge in [0.25, 0.3) is 0 Å². The Morgan fingerprint density at radius 2 is 1.85 bits per heavy atom. The number of ether oxygens (including phenoxy) is 1. The fourth-order valence-corrected chi connectivity index (χ4v) is 2.30. The Hall–Kier alpha value is -0.0800. The Bertz CT molecular complexity index is 143. The van der Waals surface area contributed by atoms with E-state index in [1.165, 1.54) is 12.8 Å². The van der Waals surface area contributed by atoms with Gasteiger partial charge >= 0.3 is 0 Å². The van der Waals surface area contributed by atoms with Crippen molar-refractivity contribution in [3.8, 4) is 0 Å². The third-order valence-electron chi connectivity index (χ3n) is 3.18. The minimum atomic E-state index is -0.190. The molecule has 0 spiro atoms. The van der Waals surface area contributed by atoms with Gasteiger partial charge in [-0.15, -0.1) is 0 Å². The quantitative estimate of drug-likeness (QED) is 0.732. The number of methoxy groups -OCH3 is 1. The Kier molecular flexibility index (Phi) is 4.20. The lowest BCUT2D eigenvalue weighted by Gasteiger charge is -2.35. The van der Waals surface area contributed by atoms with Crippen LogP contribution < -0.4 is 0 Å². The van der Waals surface area contributed by atoms with Crippen LogP contribution >= 0.6 is 0 Å². The second-order valence-corrected chi connectivity index (χ2v) is 4.46. The summed E-state index contributed by atoms with van der Waals surface area (Å²) in [5.41, 5.74) is 0. The van der Waals surface area contributed by atoms with Gasteiger partial charge in [-0.2, -0.15) is 0 Å². The Balaban J connectivity index is 2.53. The molecular formula is C11H22O2. The molecule has 0 radical (unpaired) electrons. The average molecular weight is 186 g/mol. The summed E-state index contributed by atoms with van der Waals surface area (Å²) in [6.07, 6.45) is 4.83. The summed E-state index contributed by atoms with van der Waals surface area (Å²) in [4.78, 5) is 0. The highest BCUT2D eigenvalue weighted by molar-refractivity contribution is 4.82. The summed E-state index contributed by atoms with van der Waals surface area (Å²) in [6.45, 7) is 4.15. The minimum absolute atomic E-state index is 0.190.